The van der Waals surface area contributed by atoms with E-state index >= 15 is 0 Å². The van der Waals surface area contributed by atoms with Gasteiger partial charge in [0, 0.05) is 33.9 Å². The Hall–Kier alpha value is -2.86. The van der Waals surface area contributed by atoms with Crippen LogP contribution >= 0.6 is 11.3 Å². The van der Waals surface area contributed by atoms with Crippen molar-refractivity contribution in [3.05, 3.63) is 53.4 Å². The van der Waals surface area contributed by atoms with E-state index in [1.807, 2.05) is 29.6 Å². The van der Waals surface area contributed by atoms with E-state index in [1.165, 1.54) is 14.2 Å². The highest BCUT2D eigenvalue weighted by molar-refractivity contribution is 7.17. The lowest BCUT2D eigenvalue weighted by atomic mass is 10.1. The Morgan fingerprint density at radius 1 is 1.00 bits per heavy atom. The molecule has 5 nitrogen and oxygen atoms in total. The molecule has 26 heavy (non-hydrogen) atoms. The molecule has 0 unspecified atom stereocenters. The van der Waals surface area contributed by atoms with Crippen LogP contribution in [0.5, 0.6) is 11.5 Å². The highest BCUT2D eigenvalue weighted by atomic mass is 32.1. The third-order valence-electron chi connectivity index (χ3n) is 4.04. The monoisotopic (exact) mass is 369 g/mol. The quantitative estimate of drug-likeness (QED) is 0.622. The molecule has 0 aliphatic rings. The zero-order valence-corrected chi connectivity index (χ0v) is 15.4. The molecule has 2 aromatic carbocycles. The molecule has 0 radical (unpaired) electrons. The molecule has 134 valence electrons. The fourth-order valence-electron chi connectivity index (χ4n) is 2.67. The van der Waals surface area contributed by atoms with Crippen molar-refractivity contribution in [2.75, 3.05) is 19.5 Å². The number of amides is 1. The van der Waals surface area contributed by atoms with E-state index in [1.54, 1.807) is 29.5 Å². The van der Waals surface area contributed by atoms with Gasteiger partial charge in [-0.15, -0.1) is 11.3 Å². The number of thiophene rings is 1. The summed E-state index contributed by atoms with van der Waals surface area (Å²) in [6, 6.07) is 12.9. The van der Waals surface area contributed by atoms with Crippen LogP contribution in [0.3, 0.4) is 0 Å². The van der Waals surface area contributed by atoms with Gasteiger partial charge in [0.15, 0.2) is 17.3 Å². The van der Waals surface area contributed by atoms with E-state index in [2.05, 4.69) is 5.32 Å². The molecule has 0 saturated heterocycles. The summed E-state index contributed by atoms with van der Waals surface area (Å²) in [6.07, 6.45) is 0.251. The highest BCUT2D eigenvalue weighted by Crippen LogP contribution is 2.30. The summed E-state index contributed by atoms with van der Waals surface area (Å²) in [7, 11) is 3.06. The Bertz CT molecular complexity index is 948. The van der Waals surface area contributed by atoms with Crippen LogP contribution < -0.4 is 14.8 Å². The third kappa shape index (κ3) is 3.86. The number of Topliss-reactive ketones (excluding diaryl/α,β-unsaturated/α-hetero) is 1. The molecule has 0 atom stereocenters. The smallest absolute Gasteiger partial charge is 0.224 e. The lowest BCUT2D eigenvalue weighted by Gasteiger charge is -2.09. The molecule has 1 N–H and O–H groups in total. The number of rotatable bonds is 7. The van der Waals surface area contributed by atoms with Crippen LogP contribution in [0.4, 0.5) is 5.69 Å². The van der Waals surface area contributed by atoms with Crippen LogP contribution in [0.2, 0.25) is 0 Å². The number of carbonyl (C=O) groups is 2. The number of carbonyl (C=O) groups excluding carboxylic acids is 2. The van der Waals surface area contributed by atoms with Gasteiger partial charge < -0.3 is 14.8 Å². The molecule has 0 spiro atoms. The van der Waals surface area contributed by atoms with Crippen molar-refractivity contribution in [2.45, 2.75) is 12.8 Å². The number of ether oxygens (including phenoxy) is 2. The second-order valence-corrected chi connectivity index (χ2v) is 6.60. The van der Waals surface area contributed by atoms with Gasteiger partial charge in [-0.1, -0.05) is 18.2 Å². The zero-order valence-electron chi connectivity index (χ0n) is 14.6. The summed E-state index contributed by atoms with van der Waals surface area (Å²) in [5, 5.41) is 5.81. The molecule has 0 aliphatic heterocycles. The number of anilines is 1. The van der Waals surface area contributed by atoms with Gasteiger partial charge in [0.1, 0.15) is 0 Å². The van der Waals surface area contributed by atoms with E-state index in [0.717, 1.165) is 15.8 Å². The molecule has 1 aromatic heterocycles. The zero-order chi connectivity index (χ0) is 18.5. The molecule has 1 heterocycles. The summed E-state index contributed by atoms with van der Waals surface area (Å²) in [5.41, 5.74) is 1.28. The third-order valence-corrected chi connectivity index (χ3v) is 5.00. The van der Waals surface area contributed by atoms with Crippen molar-refractivity contribution in [2.24, 2.45) is 0 Å². The average molecular weight is 369 g/mol. The van der Waals surface area contributed by atoms with Crippen molar-refractivity contribution in [3.63, 3.8) is 0 Å². The number of benzene rings is 2. The van der Waals surface area contributed by atoms with Crippen LogP contribution in [0.1, 0.15) is 23.2 Å². The van der Waals surface area contributed by atoms with Crippen LogP contribution in [-0.2, 0) is 4.79 Å². The Balaban J connectivity index is 1.61. The SMILES string of the molecule is COc1ccc(C(=O)CCC(=O)Nc2csc3ccccc23)cc1OC. The lowest BCUT2D eigenvalue weighted by molar-refractivity contribution is -0.116. The fourth-order valence-corrected chi connectivity index (χ4v) is 3.56. The van der Waals surface area contributed by atoms with Crippen molar-refractivity contribution in [3.8, 4) is 11.5 Å². The fraction of sp³-hybridized carbons (Fsp3) is 0.200. The van der Waals surface area contributed by atoms with Gasteiger partial charge in [0.05, 0.1) is 19.9 Å². The van der Waals surface area contributed by atoms with Crippen LogP contribution in [0.25, 0.3) is 10.1 Å². The van der Waals surface area contributed by atoms with Crippen LogP contribution in [0.15, 0.2) is 47.8 Å². The van der Waals surface area contributed by atoms with Crippen molar-refractivity contribution < 1.29 is 19.1 Å². The van der Waals surface area contributed by atoms with Gasteiger partial charge in [0.2, 0.25) is 5.91 Å². The van der Waals surface area contributed by atoms with Gasteiger partial charge in [-0.3, -0.25) is 9.59 Å². The summed E-state index contributed by atoms with van der Waals surface area (Å²) in [5.74, 6) is 0.761. The van der Waals surface area contributed by atoms with Crippen molar-refractivity contribution in [1.82, 2.24) is 0 Å². The Kier molecular flexibility index (Phi) is 5.53. The number of fused-ring (bicyclic) bond motifs is 1. The Morgan fingerprint density at radius 2 is 1.77 bits per heavy atom. The normalized spacial score (nSPS) is 10.5. The molecule has 3 aromatic rings. The van der Waals surface area contributed by atoms with Crippen molar-refractivity contribution in [1.29, 1.82) is 0 Å². The molecular formula is C20H19NO4S. The molecule has 6 heteroatoms. The molecule has 3 rings (SSSR count). The molecule has 0 saturated carbocycles. The maximum atomic E-state index is 12.4. The summed E-state index contributed by atoms with van der Waals surface area (Å²) in [6.45, 7) is 0. The van der Waals surface area contributed by atoms with E-state index in [0.29, 0.717) is 17.1 Å². The Morgan fingerprint density at radius 3 is 2.54 bits per heavy atom. The first-order valence-corrected chi connectivity index (χ1v) is 9.01. The summed E-state index contributed by atoms with van der Waals surface area (Å²) >= 11 is 1.58. The maximum Gasteiger partial charge on any atom is 0.224 e. The number of ketones is 1. The van der Waals surface area contributed by atoms with Gasteiger partial charge in [-0.05, 0) is 24.3 Å². The van der Waals surface area contributed by atoms with Crippen LogP contribution in [0, 0.1) is 0 Å². The first-order chi connectivity index (χ1) is 12.6. The molecular weight excluding hydrogens is 350 g/mol. The standard InChI is InChI=1S/C20H19NO4S/c1-24-17-9-7-13(11-18(17)25-2)16(22)8-10-20(23)21-15-12-26-19-6-4-3-5-14(15)19/h3-7,9,11-12H,8,10H2,1-2H3,(H,21,23). The number of hydrogen-bond donors (Lipinski definition) is 1. The molecule has 0 bridgehead atoms. The number of nitrogens with one attached hydrogen (secondary N) is 1. The molecule has 0 aliphatic carbocycles. The number of methoxy groups -OCH3 is 2. The second kappa shape index (κ2) is 8.01. The molecule has 0 fully saturated rings. The number of hydrogen-bond acceptors (Lipinski definition) is 5. The van der Waals surface area contributed by atoms with Gasteiger partial charge in [-0.25, -0.2) is 0 Å². The summed E-state index contributed by atoms with van der Waals surface area (Å²) in [4.78, 5) is 24.6. The Labute approximate surface area is 155 Å². The predicted molar refractivity (Wildman–Crippen MR) is 104 cm³/mol. The minimum absolute atomic E-state index is 0.115. The highest BCUT2D eigenvalue weighted by Gasteiger charge is 2.14. The summed E-state index contributed by atoms with van der Waals surface area (Å²) < 4.78 is 11.5. The minimum Gasteiger partial charge on any atom is -0.493 e. The minimum atomic E-state index is -0.178. The van der Waals surface area contributed by atoms with E-state index in [4.69, 9.17) is 9.47 Å². The first kappa shape index (κ1) is 17.9. The topological polar surface area (TPSA) is 64.6 Å². The van der Waals surface area contributed by atoms with Gasteiger partial charge >= 0.3 is 0 Å². The van der Waals surface area contributed by atoms with Crippen LogP contribution in [-0.4, -0.2) is 25.9 Å². The largest absolute Gasteiger partial charge is 0.493 e. The van der Waals surface area contributed by atoms with Crippen molar-refractivity contribution >= 4 is 38.8 Å². The van der Waals surface area contributed by atoms with E-state index in [-0.39, 0.29) is 24.5 Å². The van der Waals surface area contributed by atoms with E-state index in [9.17, 15) is 9.59 Å². The predicted octanol–water partition coefficient (Wildman–Crippen LogP) is 4.52. The molecule has 1 amide bonds. The average Bonchev–Trinajstić information content (AvgIpc) is 3.08. The maximum absolute atomic E-state index is 12.4. The second-order valence-electron chi connectivity index (χ2n) is 5.69. The van der Waals surface area contributed by atoms with Gasteiger partial charge in [0.25, 0.3) is 0 Å². The van der Waals surface area contributed by atoms with Gasteiger partial charge in [-0.2, -0.15) is 0 Å². The van der Waals surface area contributed by atoms with E-state index < -0.39 is 0 Å². The lowest BCUT2D eigenvalue weighted by Crippen LogP contribution is -2.13. The first-order valence-electron chi connectivity index (χ1n) is 8.13.